The fraction of sp³-hybridized carbons (Fsp3) is 0.214. The van der Waals surface area contributed by atoms with Crippen molar-refractivity contribution >= 4 is 40.6 Å². The van der Waals surface area contributed by atoms with Crippen LogP contribution >= 0.6 is 23.4 Å². The van der Waals surface area contributed by atoms with E-state index in [4.69, 9.17) is 25.8 Å². The fourth-order valence-electron chi connectivity index (χ4n) is 3.55. The molecule has 1 saturated heterocycles. The summed E-state index contributed by atoms with van der Waals surface area (Å²) in [5.74, 6) is 1.52. The molecule has 186 valence electrons. The van der Waals surface area contributed by atoms with Crippen LogP contribution in [0.4, 0.5) is 4.79 Å². The van der Waals surface area contributed by atoms with Crippen molar-refractivity contribution in [3.8, 4) is 17.2 Å². The number of nitrogens with zero attached hydrogens (tertiary/aromatic N) is 1. The molecule has 0 aromatic heterocycles. The lowest BCUT2D eigenvalue weighted by atomic mass is 10.1. The van der Waals surface area contributed by atoms with E-state index >= 15 is 0 Å². The molecule has 1 aliphatic heterocycles. The van der Waals surface area contributed by atoms with Gasteiger partial charge in [0.1, 0.15) is 19.0 Å². The second-order valence-electron chi connectivity index (χ2n) is 8.05. The van der Waals surface area contributed by atoms with Crippen LogP contribution < -0.4 is 14.2 Å². The van der Waals surface area contributed by atoms with E-state index in [2.05, 4.69) is 0 Å². The van der Waals surface area contributed by atoms with Crippen LogP contribution in [0.1, 0.15) is 23.6 Å². The highest BCUT2D eigenvalue weighted by molar-refractivity contribution is 8.18. The maximum absolute atomic E-state index is 12.9. The minimum absolute atomic E-state index is 0.178. The standard InChI is InChI=1S/C28H26ClNO5S/c1-3-33-25-16-21(9-12-24(25)35-18-20-7-10-22(29)11-8-20)17-26-27(31)30(28(32)36-26)13-14-34-23-6-4-5-19(2)15-23/h4-12,15-17H,3,13-14,18H2,1-2H3/b26-17-. The summed E-state index contributed by atoms with van der Waals surface area (Å²) in [6, 6.07) is 20.5. The van der Waals surface area contributed by atoms with Crippen molar-refractivity contribution in [1.82, 2.24) is 4.90 Å². The number of hydrogen-bond acceptors (Lipinski definition) is 6. The van der Waals surface area contributed by atoms with E-state index in [1.165, 1.54) is 4.90 Å². The third-order valence-electron chi connectivity index (χ3n) is 5.32. The van der Waals surface area contributed by atoms with Crippen LogP contribution in [-0.2, 0) is 11.4 Å². The summed E-state index contributed by atoms with van der Waals surface area (Å²) in [7, 11) is 0. The first kappa shape index (κ1) is 25.7. The minimum atomic E-state index is -0.334. The lowest BCUT2D eigenvalue weighted by molar-refractivity contribution is -0.123. The van der Waals surface area contributed by atoms with Gasteiger partial charge in [-0.1, -0.05) is 41.9 Å². The average molecular weight is 524 g/mol. The van der Waals surface area contributed by atoms with Crippen LogP contribution in [0.5, 0.6) is 17.2 Å². The number of aryl methyl sites for hydroxylation is 1. The summed E-state index contributed by atoms with van der Waals surface area (Å²) in [5, 5.41) is 0.355. The van der Waals surface area contributed by atoms with Crippen LogP contribution in [-0.4, -0.2) is 35.8 Å². The average Bonchev–Trinajstić information content (AvgIpc) is 3.12. The predicted molar refractivity (Wildman–Crippen MR) is 143 cm³/mol. The highest BCUT2D eigenvalue weighted by atomic mass is 35.5. The van der Waals surface area contributed by atoms with Crippen LogP contribution in [0.2, 0.25) is 5.02 Å². The molecule has 0 atom stereocenters. The zero-order valence-corrected chi connectivity index (χ0v) is 21.6. The van der Waals surface area contributed by atoms with Gasteiger partial charge in [-0.3, -0.25) is 14.5 Å². The first-order chi connectivity index (χ1) is 17.4. The van der Waals surface area contributed by atoms with Crippen molar-refractivity contribution in [2.24, 2.45) is 0 Å². The molecule has 36 heavy (non-hydrogen) atoms. The first-order valence-corrected chi connectivity index (χ1v) is 12.7. The normalized spacial score (nSPS) is 14.4. The molecule has 0 unspecified atom stereocenters. The van der Waals surface area contributed by atoms with Crippen molar-refractivity contribution in [2.45, 2.75) is 20.5 Å². The fourth-order valence-corrected chi connectivity index (χ4v) is 4.54. The summed E-state index contributed by atoms with van der Waals surface area (Å²) in [4.78, 5) is 26.9. The molecule has 3 aromatic carbocycles. The lowest BCUT2D eigenvalue weighted by Crippen LogP contribution is -2.32. The highest BCUT2D eigenvalue weighted by Gasteiger charge is 2.34. The van der Waals surface area contributed by atoms with Crippen LogP contribution in [0.3, 0.4) is 0 Å². The SMILES string of the molecule is CCOc1cc(/C=C2\SC(=O)N(CCOc3cccc(C)c3)C2=O)ccc1OCc1ccc(Cl)cc1. The molecule has 3 aromatic rings. The molecule has 2 amide bonds. The van der Waals surface area contributed by atoms with Crippen molar-refractivity contribution in [3.05, 3.63) is 93.3 Å². The van der Waals surface area contributed by atoms with Crippen LogP contribution in [0.15, 0.2) is 71.6 Å². The summed E-state index contributed by atoms with van der Waals surface area (Å²) >= 11 is 6.86. The molecule has 1 aliphatic rings. The molecule has 8 heteroatoms. The van der Waals surface area contributed by atoms with Crippen LogP contribution in [0.25, 0.3) is 6.08 Å². The van der Waals surface area contributed by atoms with Crippen molar-refractivity contribution in [1.29, 1.82) is 0 Å². The van der Waals surface area contributed by atoms with E-state index in [-0.39, 0.29) is 24.3 Å². The van der Waals surface area contributed by atoms with Crippen molar-refractivity contribution < 1.29 is 23.8 Å². The molecular weight excluding hydrogens is 498 g/mol. The molecule has 0 radical (unpaired) electrons. The summed E-state index contributed by atoms with van der Waals surface area (Å²) in [6.45, 7) is 5.09. The molecule has 0 bridgehead atoms. The largest absolute Gasteiger partial charge is 0.492 e. The molecule has 0 saturated carbocycles. The molecule has 4 rings (SSSR count). The molecule has 0 N–H and O–H groups in total. The monoisotopic (exact) mass is 523 g/mol. The number of halogens is 1. The Balaban J connectivity index is 1.41. The number of carbonyl (C=O) groups is 2. The molecule has 0 aliphatic carbocycles. The van der Waals surface area contributed by atoms with Gasteiger partial charge in [-0.15, -0.1) is 0 Å². The predicted octanol–water partition coefficient (Wildman–Crippen LogP) is 6.74. The van der Waals surface area contributed by atoms with E-state index in [0.29, 0.717) is 40.4 Å². The maximum Gasteiger partial charge on any atom is 0.293 e. The van der Waals surface area contributed by atoms with Gasteiger partial charge in [-0.05, 0) is 84.8 Å². The number of amides is 2. The van der Waals surface area contributed by atoms with E-state index in [1.54, 1.807) is 18.2 Å². The molecule has 1 fully saturated rings. The number of ether oxygens (including phenoxy) is 3. The van der Waals surface area contributed by atoms with Gasteiger partial charge in [0.15, 0.2) is 11.5 Å². The Morgan fingerprint density at radius 1 is 0.944 bits per heavy atom. The van der Waals surface area contributed by atoms with Gasteiger partial charge >= 0.3 is 0 Å². The topological polar surface area (TPSA) is 65.1 Å². The van der Waals surface area contributed by atoms with E-state index < -0.39 is 0 Å². The summed E-state index contributed by atoms with van der Waals surface area (Å²) < 4.78 is 17.4. The van der Waals surface area contributed by atoms with Gasteiger partial charge in [0.25, 0.3) is 11.1 Å². The second-order valence-corrected chi connectivity index (χ2v) is 9.48. The van der Waals surface area contributed by atoms with Gasteiger partial charge in [-0.25, -0.2) is 0 Å². The van der Waals surface area contributed by atoms with Gasteiger partial charge in [0, 0.05) is 5.02 Å². The van der Waals surface area contributed by atoms with Gasteiger partial charge in [0.2, 0.25) is 0 Å². The third kappa shape index (κ3) is 6.62. The van der Waals surface area contributed by atoms with Gasteiger partial charge in [-0.2, -0.15) is 0 Å². The smallest absolute Gasteiger partial charge is 0.293 e. The Morgan fingerprint density at radius 2 is 1.75 bits per heavy atom. The Kier molecular flexibility index (Phi) is 8.57. The van der Waals surface area contributed by atoms with E-state index in [1.807, 2.05) is 68.4 Å². The number of imide groups is 1. The first-order valence-electron chi connectivity index (χ1n) is 11.5. The summed E-state index contributed by atoms with van der Waals surface area (Å²) in [6.07, 6.45) is 1.69. The number of benzene rings is 3. The lowest BCUT2D eigenvalue weighted by Gasteiger charge is -2.14. The highest BCUT2D eigenvalue weighted by Crippen LogP contribution is 2.35. The van der Waals surface area contributed by atoms with Gasteiger partial charge in [0.05, 0.1) is 18.1 Å². The molecule has 0 spiro atoms. The minimum Gasteiger partial charge on any atom is -0.492 e. The maximum atomic E-state index is 12.9. The quantitative estimate of drug-likeness (QED) is 0.274. The Bertz CT molecular complexity index is 1280. The van der Waals surface area contributed by atoms with Gasteiger partial charge < -0.3 is 14.2 Å². The Morgan fingerprint density at radius 3 is 2.50 bits per heavy atom. The molecule has 6 nitrogen and oxygen atoms in total. The number of hydrogen-bond donors (Lipinski definition) is 0. The van der Waals surface area contributed by atoms with Crippen molar-refractivity contribution in [3.63, 3.8) is 0 Å². The molecular formula is C28H26ClNO5S. The number of carbonyl (C=O) groups excluding carboxylic acids is 2. The summed E-state index contributed by atoms with van der Waals surface area (Å²) in [5.41, 5.74) is 2.79. The number of thioether (sulfide) groups is 1. The van der Waals surface area contributed by atoms with Crippen LogP contribution in [0, 0.1) is 6.92 Å². The van der Waals surface area contributed by atoms with Crippen molar-refractivity contribution in [2.75, 3.05) is 19.8 Å². The Hall–Kier alpha value is -3.42. The zero-order chi connectivity index (χ0) is 25.5. The van der Waals surface area contributed by atoms with E-state index in [0.717, 1.165) is 28.5 Å². The Labute approximate surface area is 219 Å². The molecule has 1 heterocycles. The zero-order valence-electron chi connectivity index (χ0n) is 20.0. The number of rotatable bonds is 10. The second kappa shape index (κ2) is 12.0. The third-order valence-corrected chi connectivity index (χ3v) is 6.48. The van der Waals surface area contributed by atoms with E-state index in [9.17, 15) is 9.59 Å².